The lowest BCUT2D eigenvalue weighted by Gasteiger charge is -2.12. The van der Waals surface area contributed by atoms with Crippen LogP contribution >= 0.6 is 23.2 Å². The molecule has 0 saturated carbocycles. The third kappa shape index (κ3) is 3.11. The van der Waals surface area contributed by atoms with Gasteiger partial charge in [0.1, 0.15) is 0 Å². The van der Waals surface area contributed by atoms with Gasteiger partial charge in [-0.15, -0.1) is 0 Å². The molecule has 0 amide bonds. The molecule has 0 spiro atoms. The summed E-state index contributed by atoms with van der Waals surface area (Å²) in [7, 11) is 0. The van der Waals surface area contributed by atoms with Gasteiger partial charge in [0.05, 0.1) is 0 Å². The van der Waals surface area contributed by atoms with E-state index in [0.717, 1.165) is 0 Å². The number of hydrogen-bond donors (Lipinski definition) is 0. The molecule has 0 unspecified atom stereocenters. The zero-order valence-electron chi connectivity index (χ0n) is 3.92. The number of halogens is 6. The Bertz CT molecular complexity index is 88.3. The Kier molecular flexibility index (Phi) is 3.02. The summed E-state index contributed by atoms with van der Waals surface area (Å²) in [5.74, 6) is 0. The summed E-state index contributed by atoms with van der Waals surface area (Å²) >= 11 is 8.35. The molecule has 0 nitrogen and oxygen atoms in total. The highest BCUT2D eigenvalue weighted by Crippen LogP contribution is 2.30. The molecule has 0 aromatic carbocycles. The SMILES string of the molecule is F[C@H](Cl)[C@@H](F)C(F)(F)Cl. The third-order valence-corrected chi connectivity index (χ3v) is 0.964. The lowest BCUT2D eigenvalue weighted by Crippen LogP contribution is -2.29. The number of rotatable bonds is 2. The molecule has 0 rings (SSSR count). The second kappa shape index (κ2) is 2.92. The predicted molar refractivity (Wildman–Crippen MR) is 26.4 cm³/mol. The van der Waals surface area contributed by atoms with Crippen LogP contribution in [0.2, 0.25) is 0 Å². The van der Waals surface area contributed by atoms with Crippen LogP contribution in [0, 0.1) is 0 Å². The van der Waals surface area contributed by atoms with E-state index in [4.69, 9.17) is 0 Å². The van der Waals surface area contributed by atoms with Gasteiger partial charge in [0.15, 0.2) is 0 Å². The van der Waals surface area contributed by atoms with Crippen LogP contribution in [0.1, 0.15) is 0 Å². The minimum atomic E-state index is -4.22. The summed E-state index contributed by atoms with van der Waals surface area (Å²) in [6, 6.07) is 0. The molecule has 0 aliphatic rings. The fraction of sp³-hybridized carbons (Fsp3) is 1.00. The minimum absolute atomic E-state index is 2.77. The second-order valence-corrected chi connectivity index (χ2v) is 2.20. The van der Waals surface area contributed by atoms with Gasteiger partial charge in [-0.25, -0.2) is 8.78 Å². The second-order valence-electron chi connectivity index (χ2n) is 1.28. The van der Waals surface area contributed by atoms with Crippen LogP contribution in [0.3, 0.4) is 0 Å². The average Bonchev–Trinajstić information content (AvgIpc) is 1.62. The smallest absolute Gasteiger partial charge is 0.235 e. The van der Waals surface area contributed by atoms with Crippen LogP contribution in [-0.2, 0) is 0 Å². The first-order chi connectivity index (χ1) is 3.85. The fourth-order valence-corrected chi connectivity index (χ4v) is 0.476. The van der Waals surface area contributed by atoms with Crippen molar-refractivity contribution in [2.45, 2.75) is 17.2 Å². The first kappa shape index (κ1) is 9.30. The van der Waals surface area contributed by atoms with Crippen LogP contribution in [-0.4, -0.2) is 17.2 Å². The van der Waals surface area contributed by atoms with Gasteiger partial charge in [-0.3, -0.25) is 0 Å². The zero-order valence-corrected chi connectivity index (χ0v) is 5.43. The Labute approximate surface area is 58.7 Å². The normalized spacial score (nSPS) is 19.3. The lowest BCUT2D eigenvalue weighted by molar-refractivity contribution is -0.0133. The van der Waals surface area contributed by atoms with Crippen molar-refractivity contribution in [3.8, 4) is 0 Å². The van der Waals surface area contributed by atoms with Gasteiger partial charge in [0, 0.05) is 0 Å². The first-order valence-electron chi connectivity index (χ1n) is 1.84. The maximum Gasteiger partial charge on any atom is 0.356 e. The topological polar surface area (TPSA) is 0 Å². The van der Waals surface area contributed by atoms with Crippen LogP contribution in [0.25, 0.3) is 0 Å². The average molecular weight is 185 g/mol. The molecule has 0 radical (unpaired) electrons. The predicted octanol–water partition coefficient (Wildman–Crippen LogP) is 2.69. The molecule has 9 heavy (non-hydrogen) atoms. The Hall–Kier alpha value is 0.300. The van der Waals surface area contributed by atoms with Crippen LogP contribution in [0.4, 0.5) is 17.6 Å². The molecule has 0 heterocycles. The minimum Gasteiger partial charge on any atom is -0.235 e. The van der Waals surface area contributed by atoms with E-state index < -0.39 is 17.2 Å². The van der Waals surface area contributed by atoms with E-state index in [1.807, 2.05) is 0 Å². The summed E-state index contributed by atoms with van der Waals surface area (Å²) < 4.78 is 45.9. The van der Waals surface area contributed by atoms with Crippen molar-refractivity contribution in [3.63, 3.8) is 0 Å². The zero-order chi connectivity index (χ0) is 7.65. The molecule has 0 bridgehead atoms. The molecule has 0 aromatic heterocycles. The molecule has 56 valence electrons. The van der Waals surface area contributed by atoms with Gasteiger partial charge in [0.25, 0.3) is 0 Å². The van der Waals surface area contributed by atoms with E-state index in [1.54, 1.807) is 0 Å². The molecule has 0 saturated heterocycles. The van der Waals surface area contributed by atoms with Crippen molar-refractivity contribution >= 4 is 23.2 Å². The Balaban J connectivity index is 3.88. The van der Waals surface area contributed by atoms with Crippen LogP contribution in [0.15, 0.2) is 0 Å². The van der Waals surface area contributed by atoms with Crippen LogP contribution < -0.4 is 0 Å². The largest absolute Gasteiger partial charge is 0.356 e. The highest BCUT2D eigenvalue weighted by atomic mass is 35.5. The van der Waals surface area contributed by atoms with Gasteiger partial charge in [0.2, 0.25) is 11.8 Å². The molecule has 6 heteroatoms. The van der Waals surface area contributed by atoms with E-state index in [1.165, 1.54) is 0 Å². The number of alkyl halides is 6. The van der Waals surface area contributed by atoms with Gasteiger partial charge in [-0.1, -0.05) is 11.6 Å². The Morgan fingerprint density at radius 2 is 1.56 bits per heavy atom. The summed E-state index contributed by atoms with van der Waals surface area (Å²) in [5, 5.41) is -4.22. The molecular formula is C3H2Cl2F4. The quantitative estimate of drug-likeness (QED) is 0.458. The molecule has 0 fully saturated rings. The molecule has 0 aliphatic carbocycles. The fourth-order valence-electron chi connectivity index (χ4n) is 0.143. The van der Waals surface area contributed by atoms with Gasteiger partial charge in [-0.05, 0) is 11.6 Å². The van der Waals surface area contributed by atoms with E-state index in [0.29, 0.717) is 0 Å². The monoisotopic (exact) mass is 184 g/mol. The van der Waals surface area contributed by atoms with Crippen molar-refractivity contribution in [2.24, 2.45) is 0 Å². The molecular weight excluding hydrogens is 183 g/mol. The van der Waals surface area contributed by atoms with Crippen molar-refractivity contribution in [1.82, 2.24) is 0 Å². The van der Waals surface area contributed by atoms with E-state index in [9.17, 15) is 17.6 Å². The van der Waals surface area contributed by atoms with E-state index in [2.05, 4.69) is 23.2 Å². The van der Waals surface area contributed by atoms with Crippen LogP contribution in [0.5, 0.6) is 0 Å². The lowest BCUT2D eigenvalue weighted by atomic mass is 10.4. The Morgan fingerprint density at radius 3 is 1.56 bits per heavy atom. The van der Waals surface area contributed by atoms with Crippen molar-refractivity contribution in [3.05, 3.63) is 0 Å². The summed E-state index contributed by atoms with van der Waals surface area (Å²) in [6.07, 6.45) is -3.15. The maximum atomic E-state index is 11.6. The number of hydrogen-bond acceptors (Lipinski definition) is 0. The third-order valence-electron chi connectivity index (χ3n) is 0.534. The van der Waals surface area contributed by atoms with E-state index in [-0.39, 0.29) is 0 Å². The van der Waals surface area contributed by atoms with Crippen molar-refractivity contribution in [2.75, 3.05) is 0 Å². The molecule has 0 aromatic rings. The molecule has 0 aliphatic heterocycles. The summed E-state index contributed by atoms with van der Waals surface area (Å²) in [6.45, 7) is 0. The standard InChI is InChI=1S/C3H2Cl2F4/c4-2(7)1(6)3(5,8)9/h1-2H/t1-,2+/m1/s1. The first-order valence-corrected chi connectivity index (χ1v) is 2.66. The van der Waals surface area contributed by atoms with Gasteiger partial charge in [-0.2, -0.15) is 8.78 Å². The van der Waals surface area contributed by atoms with E-state index >= 15 is 0 Å². The van der Waals surface area contributed by atoms with Crippen molar-refractivity contribution < 1.29 is 17.6 Å². The summed E-state index contributed by atoms with van der Waals surface area (Å²) in [5.41, 5.74) is -2.77. The van der Waals surface area contributed by atoms with Gasteiger partial charge < -0.3 is 0 Å². The summed E-state index contributed by atoms with van der Waals surface area (Å²) in [4.78, 5) is 0. The van der Waals surface area contributed by atoms with Gasteiger partial charge >= 0.3 is 5.38 Å². The Morgan fingerprint density at radius 1 is 1.22 bits per heavy atom. The highest BCUT2D eigenvalue weighted by Gasteiger charge is 2.42. The molecule has 0 N–H and O–H groups in total. The highest BCUT2D eigenvalue weighted by molar-refractivity contribution is 6.24. The molecule has 2 atom stereocenters. The van der Waals surface area contributed by atoms with Crippen molar-refractivity contribution in [1.29, 1.82) is 0 Å². The maximum absolute atomic E-state index is 11.6.